The number of aromatic nitrogens is 3. The van der Waals surface area contributed by atoms with Crippen LogP contribution in [0.3, 0.4) is 0 Å². The van der Waals surface area contributed by atoms with Crippen LogP contribution in [0, 0.1) is 6.92 Å². The Bertz CT molecular complexity index is 943. The Labute approximate surface area is 133 Å². The molecule has 4 nitrogen and oxygen atoms in total. The molecule has 8 heteroatoms. The number of nitrogens with zero attached hydrogens (tertiary/aromatic N) is 3. The fraction of sp³-hybridized carbons (Fsp3) is 0.200. The monoisotopic (exact) mass is 341 g/mol. The fourth-order valence-corrected chi connectivity index (χ4v) is 2.50. The van der Waals surface area contributed by atoms with Gasteiger partial charge in [-0.15, -0.1) is 0 Å². The van der Waals surface area contributed by atoms with Crippen molar-refractivity contribution in [3.8, 4) is 0 Å². The van der Waals surface area contributed by atoms with Crippen molar-refractivity contribution in [2.75, 3.05) is 0 Å². The molecule has 0 saturated heterocycles. The highest BCUT2D eigenvalue weighted by Crippen LogP contribution is 2.29. The zero-order valence-corrected chi connectivity index (χ0v) is 12.7. The summed E-state index contributed by atoms with van der Waals surface area (Å²) in [4.78, 5) is 16.2. The third-order valence-electron chi connectivity index (χ3n) is 3.35. The van der Waals surface area contributed by atoms with E-state index in [0.717, 1.165) is 16.3 Å². The van der Waals surface area contributed by atoms with Crippen LogP contribution in [0.15, 0.2) is 41.6 Å². The molecule has 0 saturated carbocycles. The van der Waals surface area contributed by atoms with Gasteiger partial charge in [0, 0.05) is 18.6 Å². The lowest BCUT2D eigenvalue weighted by atomic mass is 10.2. The molecule has 3 heterocycles. The first-order valence-electron chi connectivity index (χ1n) is 6.65. The second-order valence-electron chi connectivity index (χ2n) is 5.21. The van der Waals surface area contributed by atoms with Crippen LogP contribution < -0.4 is 5.56 Å². The van der Waals surface area contributed by atoms with Gasteiger partial charge in [0.05, 0.1) is 17.8 Å². The third kappa shape index (κ3) is 3.10. The number of imidazole rings is 1. The lowest BCUT2D eigenvalue weighted by Gasteiger charge is -2.10. The minimum atomic E-state index is -4.57. The largest absolute Gasteiger partial charge is 0.417 e. The van der Waals surface area contributed by atoms with E-state index in [4.69, 9.17) is 11.6 Å². The quantitative estimate of drug-likeness (QED) is 0.715. The van der Waals surface area contributed by atoms with E-state index in [9.17, 15) is 18.0 Å². The summed E-state index contributed by atoms with van der Waals surface area (Å²) in [6.45, 7) is 1.82. The molecule has 120 valence electrons. The molecule has 0 atom stereocenters. The predicted octanol–water partition coefficient (Wildman–Crippen LogP) is 3.52. The van der Waals surface area contributed by atoms with Crippen molar-refractivity contribution in [1.82, 2.24) is 14.0 Å². The lowest BCUT2D eigenvalue weighted by Crippen LogP contribution is -2.23. The molecule has 3 aromatic rings. The number of hydrogen-bond donors (Lipinski definition) is 0. The Morgan fingerprint density at radius 3 is 2.65 bits per heavy atom. The molecule has 0 fully saturated rings. The first-order valence-corrected chi connectivity index (χ1v) is 7.03. The van der Waals surface area contributed by atoms with Crippen molar-refractivity contribution in [1.29, 1.82) is 0 Å². The molecule has 0 aromatic carbocycles. The molecule has 0 bridgehead atoms. The van der Waals surface area contributed by atoms with Gasteiger partial charge in [0.15, 0.2) is 0 Å². The van der Waals surface area contributed by atoms with Gasteiger partial charge in [-0.3, -0.25) is 4.79 Å². The van der Waals surface area contributed by atoms with E-state index in [1.165, 1.54) is 0 Å². The first kappa shape index (κ1) is 15.6. The second kappa shape index (κ2) is 5.42. The third-order valence-corrected chi connectivity index (χ3v) is 3.62. The molecule has 0 radical (unpaired) electrons. The highest BCUT2D eigenvalue weighted by Gasteiger charge is 2.32. The van der Waals surface area contributed by atoms with E-state index in [0.29, 0.717) is 17.4 Å². The van der Waals surface area contributed by atoms with Gasteiger partial charge < -0.3 is 8.97 Å². The maximum absolute atomic E-state index is 12.8. The summed E-state index contributed by atoms with van der Waals surface area (Å²) in [5.41, 5.74) is 0.472. The Morgan fingerprint density at radius 2 is 1.96 bits per heavy atom. The van der Waals surface area contributed by atoms with Gasteiger partial charge in [-0.25, -0.2) is 4.98 Å². The molecule has 3 rings (SSSR count). The molecule has 0 N–H and O–H groups in total. The molecule has 0 aliphatic carbocycles. The number of hydrogen-bond acceptors (Lipinski definition) is 2. The Balaban J connectivity index is 2.04. The van der Waals surface area contributed by atoms with Crippen LogP contribution in [0.1, 0.15) is 16.8 Å². The maximum atomic E-state index is 12.8. The molecule has 0 amide bonds. The van der Waals surface area contributed by atoms with E-state index >= 15 is 0 Å². The molecule has 3 aromatic heterocycles. The topological polar surface area (TPSA) is 39.3 Å². The van der Waals surface area contributed by atoms with E-state index in [-0.39, 0.29) is 6.54 Å². The fourth-order valence-electron chi connectivity index (χ4n) is 2.28. The number of rotatable bonds is 2. The van der Waals surface area contributed by atoms with Crippen LogP contribution in [0.25, 0.3) is 5.65 Å². The summed E-state index contributed by atoms with van der Waals surface area (Å²) in [5.74, 6) is 0. The average molecular weight is 342 g/mol. The van der Waals surface area contributed by atoms with Crippen molar-refractivity contribution >= 4 is 17.2 Å². The van der Waals surface area contributed by atoms with Gasteiger partial charge in [0.25, 0.3) is 5.56 Å². The summed E-state index contributed by atoms with van der Waals surface area (Å²) >= 11 is 5.63. The minimum Gasteiger partial charge on any atom is -0.308 e. The number of halogens is 4. The van der Waals surface area contributed by atoms with E-state index < -0.39 is 22.3 Å². The number of pyridine rings is 2. The highest BCUT2D eigenvalue weighted by molar-refractivity contribution is 6.30. The zero-order valence-electron chi connectivity index (χ0n) is 11.9. The highest BCUT2D eigenvalue weighted by atomic mass is 35.5. The predicted molar refractivity (Wildman–Crippen MR) is 79.7 cm³/mol. The lowest BCUT2D eigenvalue weighted by molar-refractivity contribution is -0.138. The summed E-state index contributed by atoms with van der Waals surface area (Å²) in [6, 6.07) is 4.30. The zero-order chi connectivity index (χ0) is 16.8. The van der Waals surface area contributed by atoms with Gasteiger partial charge in [-0.05, 0) is 24.6 Å². The normalized spacial score (nSPS) is 12.0. The van der Waals surface area contributed by atoms with Crippen molar-refractivity contribution < 1.29 is 13.2 Å². The molecule has 0 spiro atoms. The van der Waals surface area contributed by atoms with Crippen LogP contribution in [0.5, 0.6) is 0 Å². The van der Waals surface area contributed by atoms with E-state index in [1.54, 1.807) is 16.7 Å². The first-order chi connectivity index (χ1) is 10.7. The Kier molecular flexibility index (Phi) is 3.68. The average Bonchev–Trinajstić information content (AvgIpc) is 2.83. The molecular weight excluding hydrogens is 331 g/mol. The van der Waals surface area contributed by atoms with Gasteiger partial charge in [-0.1, -0.05) is 17.7 Å². The maximum Gasteiger partial charge on any atom is 0.417 e. The van der Waals surface area contributed by atoms with Crippen molar-refractivity contribution in [3.63, 3.8) is 0 Å². The van der Waals surface area contributed by atoms with Gasteiger partial charge >= 0.3 is 6.18 Å². The second-order valence-corrected chi connectivity index (χ2v) is 5.62. The van der Waals surface area contributed by atoms with Gasteiger partial charge in [0.2, 0.25) is 0 Å². The number of aryl methyl sites for hydroxylation is 1. The van der Waals surface area contributed by atoms with Crippen LogP contribution in [0.4, 0.5) is 13.2 Å². The van der Waals surface area contributed by atoms with Gasteiger partial charge in [0.1, 0.15) is 10.7 Å². The van der Waals surface area contributed by atoms with Crippen LogP contribution >= 0.6 is 11.6 Å². The van der Waals surface area contributed by atoms with Gasteiger partial charge in [-0.2, -0.15) is 13.2 Å². The SMILES string of the molecule is Cc1ccc2nc(Cn3cc(C(F)(F)F)cc(Cl)c3=O)cn2c1. The molecule has 0 aliphatic rings. The minimum absolute atomic E-state index is 0.0940. The Hall–Kier alpha value is -2.28. The van der Waals surface area contributed by atoms with E-state index in [1.807, 2.05) is 19.2 Å². The van der Waals surface area contributed by atoms with Crippen molar-refractivity contribution in [2.45, 2.75) is 19.6 Å². The van der Waals surface area contributed by atoms with Crippen LogP contribution in [-0.2, 0) is 12.7 Å². The van der Waals surface area contributed by atoms with Crippen LogP contribution in [0.2, 0.25) is 5.02 Å². The molecular formula is C15H11ClF3N3O. The standard InChI is InChI=1S/C15H11ClF3N3O/c1-9-2-3-13-20-11(7-21(13)5-9)8-22-6-10(15(17,18)19)4-12(16)14(22)23/h2-7H,8H2,1H3. The number of fused-ring (bicyclic) bond motifs is 1. The summed E-state index contributed by atoms with van der Waals surface area (Å²) in [7, 11) is 0. The van der Waals surface area contributed by atoms with E-state index in [2.05, 4.69) is 4.98 Å². The molecule has 0 aliphatic heterocycles. The summed E-state index contributed by atoms with van der Waals surface area (Å²) in [5, 5.41) is -0.473. The van der Waals surface area contributed by atoms with Crippen molar-refractivity contribution in [3.05, 3.63) is 69.0 Å². The number of alkyl halides is 3. The summed E-state index contributed by atoms with van der Waals surface area (Å²) < 4.78 is 41.2. The Morgan fingerprint density at radius 1 is 1.22 bits per heavy atom. The summed E-state index contributed by atoms with van der Waals surface area (Å²) in [6.07, 6.45) is -0.310. The molecule has 0 unspecified atom stereocenters. The smallest absolute Gasteiger partial charge is 0.308 e. The van der Waals surface area contributed by atoms with Crippen LogP contribution in [-0.4, -0.2) is 14.0 Å². The van der Waals surface area contributed by atoms with Crippen molar-refractivity contribution in [2.24, 2.45) is 0 Å². The molecule has 23 heavy (non-hydrogen) atoms.